The number of aromatic hydroxyl groups is 1. The molecule has 23 heavy (non-hydrogen) atoms. The van der Waals surface area contributed by atoms with Gasteiger partial charge in [-0.2, -0.15) is 0 Å². The summed E-state index contributed by atoms with van der Waals surface area (Å²) in [4.78, 5) is 8.13. The van der Waals surface area contributed by atoms with Crippen molar-refractivity contribution in [2.75, 3.05) is 6.61 Å². The van der Waals surface area contributed by atoms with E-state index in [1.807, 2.05) is 6.92 Å². The second-order valence-corrected chi connectivity index (χ2v) is 4.66. The van der Waals surface area contributed by atoms with Gasteiger partial charge in [-0.1, -0.05) is 0 Å². The molecule has 0 saturated heterocycles. The number of imidazole rings is 1. The first kappa shape index (κ1) is 14.9. The van der Waals surface area contributed by atoms with E-state index in [0.717, 1.165) is 0 Å². The van der Waals surface area contributed by atoms with Crippen LogP contribution in [0.2, 0.25) is 0 Å². The molecule has 0 radical (unpaired) electrons. The molecule has 0 amide bonds. The largest absolute Gasteiger partial charge is 0.506 e. The third-order valence-corrected chi connectivity index (χ3v) is 3.12. The normalized spacial score (nSPS) is 10.7. The third kappa shape index (κ3) is 3.10. The highest BCUT2D eigenvalue weighted by molar-refractivity contribution is 5.50. The zero-order valence-corrected chi connectivity index (χ0v) is 12.3. The van der Waals surface area contributed by atoms with E-state index in [4.69, 9.17) is 4.74 Å². The van der Waals surface area contributed by atoms with Gasteiger partial charge in [0.25, 0.3) is 0 Å². The lowest BCUT2D eigenvalue weighted by Crippen LogP contribution is -2.07. The Hall–Kier alpha value is -3.03. The molecule has 0 aromatic carbocycles. The van der Waals surface area contributed by atoms with Crippen LogP contribution in [0.3, 0.4) is 0 Å². The van der Waals surface area contributed by atoms with Crippen LogP contribution in [0.5, 0.6) is 11.6 Å². The summed E-state index contributed by atoms with van der Waals surface area (Å²) in [5.74, 6) is 0.0695. The number of pyridine rings is 1. The first-order valence-corrected chi connectivity index (χ1v) is 6.99. The molecular formula is C15H14FN5O2. The number of ether oxygens (including phenoxy) is 1. The van der Waals surface area contributed by atoms with Gasteiger partial charge in [-0.15, -0.1) is 10.2 Å². The fourth-order valence-corrected chi connectivity index (χ4v) is 2.09. The average Bonchev–Trinajstić information content (AvgIpc) is 2.99. The number of hydrogen-bond acceptors (Lipinski definition) is 6. The van der Waals surface area contributed by atoms with Gasteiger partial charge < -0.3 is 14.4 Å². The van der Waals surface area contributed by atoms with Crippen molar-refractivity contribution < 1.29 is 14.2 Å². The maximum Gasteiger partial charge on any atom is 0.237 e. The van der Waals surface area contributed by atoms with Crippen LogP contribution >= 0.6 is 0 Å². The molecule has 118 valence electrons. The minimum Gasteiger partial charge on any atom is -0.506 e. The van der Waals surface area contributed by atoms with Crippen LogP contribution in [0, 0.1) is 5.82 Å². The van der Waals surface area contributed by atoms with Crippen molar-refractivity contribution in [1.82, 2.24) is 24.7 Å². The molecule has 0 unspecified atom stereocenters. The monoisotopic (exact) mass is 315 g/mol. The molecule has 0 saturated carbocycles. The van der Waals surface area contributed by atoms with Gasteiger partial charge in [0, 0.05) is 24.7 Å². The highest BCUT2D eigenvalue weighted by Crippen LogP contribution is 2.23. The molecule has 0 bridgehead atoms. The summed E-state index contributed by atoms with van der Waals surface area (Å²) in [5, 5.41) is 17.8. The fraction of sp³-hybridized carbons (Fsp3) is 0.200. The molecule has 0 aliphatic heterocycles. The van der Waals surface area contributed by atoms with Crippen molar-refractivity contribution in [3.63, 3.8) is 0 Å². The summed E-state index contributed by atoms with van der Waals surface area (Å²) < 4.78 is 20.7. The maximum atomic E-state index is 13.9. The van der Waals surface area contributed by atoms with Crippen molar-refractivity contribution >= 4 is 0 Å². The van der Waals surface area contributed by atoms with E-state index in [1.165, 1.54) is 30.6 Å². The Morgan fingerprint density at radius 2 is 2.13 bits per heavy atom. The lowest BCUT2D eigenvalue weighted by Gasteiger charge is -2.09. The summed E-state index contributed by atoms with van der Waals surface area (Å²) in [7, 11) is 0. The minimum absolute atomic E-state index is 0.0513. The zero-order chi connectivity index (χ0) is 16.2. The van der Waals surface area contributed by atoms with E-state index < -0.39 is 5.82 Å². The van der Waals surface area contributed by atoms with Gasteiger partial charge in [-0.3, -0.25) is 0 Å². The van der Waals surface area contributed by atoms with Crippen LogP contribution in [0.1, 0.15) is 12.6 Å². The van der Waals surface area contributed by atoms with Crippen molar-refractivity contribution in [3.8, 4) is 23.1 Å². The second kappa shape index (κ2) is 6.39. The predicted octanol–water partition coefficient (Wildman–Crippen LogP) is 2.03. The number of halogens is 1. The number of nitrogens with zero attached hydrogens (tertiary/aromatic N) is 5. The molecule has 0 aliphatic carbocycles. The molecular weight excluding hydrogens is 301 g/mol. The number of rotatable bonds is 5. The Kier molecular flexibility index (Phi) is 4.13. The van der Waals surface area contributed by atoms with Gasteiger partial charge >= 0.3 is 0 Å². The Balaban J connectivity index is 1.91. The molecule has 3 aromatic heterocycles. The highest BCUT2D eigenvalue weighted by Gasteiger charge is 2.15. The SMILES string of the molecule is CCOc1cc(O)c(Cn2ccnc2-c2ncccc2F)nn1. The molecule has 3 aromatic rings. The summed E-state index contributed by atoms with van der Waals surface area (Å²) in [6.07, 6.45) is 4.68. The van der Waals surface area contributed by atoms with Crippen LogP contribution in [-0.4, -0.2) is 36.4 Å². The van der Waals surface area contributed by atoms with Gasteiger partial charge in [0.1, 0.15) is 17.1 Å². The molecule has 0 spiro atoms. The van der Waals surface area contributed by atoms with E-state index in [9.17, 15) is 9.50 Å². The molecule has 1 N–H and O–H groups in total. The van der Waals surface area contributed by atoms with Crippen LogP contribution in [0.25, 0.3) is 11.5 Å². The molecule has 3 heterocycles. The van der Waals surface area contributed by atoms with Crippen LogP contribution in [-0.2, 0) is 6.54 Å². The van der Waals surface area contributed by atoms with E-state index in [0.29, 0.717) is 18.1 Å². The zero-order valence-electron chi connectivity index (χ0n) is 12.3. The quantitative estimate of drug-likeness (QED) is 0.775. The first-order chi connectivity index (χ1) is 11.2. The summed E-state index contributed by atoms with van der Waals surface area (Å²) >= 11 is 0. The summed E-state index contributed by atoms with van der Waals surface area (Å²) in [5.41, 5.74) is 0.458. The lowest BCUT2D eigenvalue weighted by atomic mass is 10.3. The van der Waals surface area contributed by atoms with Gasteiger partial charge in [0.15, 0.2) is 11.6 Å². The highest BCUT2D eigenvalue weighted by atomic mass is 19.1. The molecule has 0 aliphatic rings. The molecule has 0 atom stereocenters. The van der Waals surface area contributed by atoms with E-state index in [-0.39, 0.29) is 23.9 Å². The van der Waals surface area contributed by atoms with Crippen LogP contribution in [0.15, 0.2) is 36.8 Å². The van der Waals surface area contributed by atoms with Gasteiger partial charge in [-0.25, -0.2) is 14.4 Å². The number of hydrogen-bond donors (Lipinski definition) is 1. The van der Waals surface area contributed by atoms with Gasteiger partial charge in [-0.05, 0) is 19.1 Å². The topological polar surface area (TPSA) is 86.0 Å². The Bertz CT molecular complexity index is 821. The van der Waals surface area contributed by atoms with Crippen LogP contribution in [0.4, 0.5) is 4.39 Å². The maximum absolute atomic E-state index is 13.9. The Labute approximate surface area is 131 Å². The van der Waals surface area contributed by atoms with Gasteiger partial charge in [0.2, 0.25) is 5.88 Å². The van der Waals surface area contributed by atoms with Crippen molar-refractivity contribution in [3.05, 3.63) is 48.3 Å². The van der Waals surface area contributed by atoms with E-state index >= 15 is 0 Å². The van der Waals surface area contributed by atoms with Gasteiger partial charge in [0.05, 0.1) is 13.2 Å². The van der Waals surface area contributed by atoms with Crippen molar-refractivity contribution in [2.45, 2.75) is 13.5 Å². The van der Waals surface area contributed by atoms with E-state index in [2.05, 4.69) is 20.2 Å². The van der Waals surface area contributed by atoms with Crippen LogP contribution < -0.4 is 4.74 Å². The standard InChI is InChI=1S/C15H14FN5O2/c1-2-23-13-8-12(22)11(19-20-13)9-21-7-6-18-15(21)14-10(16)4-3-5-17-14/h3-8H,2,9H2,1H3,(H,20,22). The summed E-state index contributed by atoms with van der Waals surface area (Å²) in [6, 6.07) is 4.22. The predicted molar refractivity (Wildman–Crippen MR) is 79.4 cm³/mol. The number of aromatic nitrogens is 5. The Morgan fingerprint density at radius 3 is 2.87 bits per heavy atom. The summed E-state index contributed by atoms with van der Waals surface area (Å²) in [6.45, 7) is 2.42. The molecule has 3 rings (SSSR count). The molecule has 7 nitrogen and oxygen atoms in total. The first-order valence-electron chi connectivity index (χ1n) is 6.99. The average molecular weight is 315 g/mol. The Morgan fingerprint density at radius 1 is 1.26 bits per heavy atom. The lowest BCUT2D eigenvalue weighted by molar-refractivity contribution is 0.318. The second-order valence-electron chi connectivity index (χ2n) is 4.66. The fourth-order valence-electron chi connectivity index (χ4n) is 2.09. The third-order valence-electron chi connectivity index (χ3n) is 3.12. The molecule has 0 fully saturated rings. The minimum atomic E-state index is -0.470. The smallest absolute Gasteiger partial charge is 0.237 e. The van der Waals surface area contributed by atoms with E-state index in [1.54, 1.807) is 10.8 Å². The molecule has 8 heteroatoms. The van der Waals surface area contributed by atoms with Crippen molar-refractivity contribution in [1.29, 1.82) is 0 Å². The van der Waals surface area contributed by atoms with Crippen molar-refractivity contribution in [2.24, 2.45) is 0 Å².